The van der Waals surface area contributed by atoms with Crippen LogP contribution < -0.4 is 16.0 Å². The Bertz CT molecular complexity index is 1400. The molecule has 2 aromatic carbocycles. The molecule has 0 aliphatic heterocycles. The molecule has 0 saturated heterocycles. The van der Waals surface area contributed by atoms with Gasteiger partial charge in [0, 0.05) is 17.9 Å². The minimum absolute atomic E-state index is 0.0564. The van der Waals surface area contributed by atoms with E-state index in [1.54, 1.807) is 24.3 Å². The van der Waals surface area contributed by atoms with Gasteiger partial charge in [-0.2, -0.15) is 23.4 Å². The number of para-hydroxylation sites is 1. The summed E-state index contributed by atoms with van der Waals surface area (Å²) in [4.78, 5) is 13.7. The molecule has 0 amide bonds. The predicted molar refractivity (Wildman–Crippen MR) is 187 cm³/mol. The minimum Gasteiger partial charge on any atom is -0.354 e. The highest BCUT2D eigenvalue weighted by Gasteiger charge is 2.18. The molecule has 0 saturated carbocycles. The fourth-order valence-corrected chi connectivity index (χ4v) is 5.98. The normalized spacial score (nSPS) is 11.6. The third kappa shape index (κ3) is 13.6. The van der Waals surface area contributed by atoms with Crippen LogP contribution in [0.25, 0.3) is 6.08 Å². The van der Waals surface area contributed by atoms with E-state index in [1.165, 1.54) is 83.1 Å². The Kier molecular flexibility index (Phi) is 16.4. The van der Waals surface area contributed by atoms with Gasteiger partial charge in [0.2, 0.25) is 17.8 Å². The average Bonchev–Trinajstić information content (AvgIpc) is 3.04. The van der Waals surface area contributed by atoms with E-state index < -0.39 is 10.1 Å². The first-order valence-electron chi connectivity index (χ1n) is 16.6. The summed E-state index contributed by atoms with van der Waals surface area (Å²) >= 11 is 0. The third-order valence-corrected chi connectivity index (χ3v) is 8.91. The molecule has 3 aromatic rings. The molecule has 10 heteroatoms. The molecule has 1 aromatic heterocycles. The molecule has 0 aliphatic rings. The summed E-state index contributed by atoms with van der Waals surface area (Å²) in [5.74, 6) is 1.10. The average molecular weight is 637 g/mol. The first-order valence-corrected chi connectivity index (χ1v) is 18.0. The highest BCUT2D eigenvalue weighted by Crippen LogP contribution is 2.26. The van der Waals surface area contributed by atoms with Crippen LogP contribution >= 0.6 is 0 Å². The van der Waals surface area contributed by atoms with Gasteiger partial charge in [-0.15, -0.1) is 0 Å². The number of anilines is 5. The van der Waals surface area contributed by atoms with Crippen LogP contribution in [0.2, 0.25) is 0 Å². The van der Waals surface area contributed by atoms with Crippen molar-refractivity contribution in [3.63, 3.8) is 0 Å². The van der Waals surface area contributed by atoms with Crippen molar-refractivity contribution in [2.45, 2.75) is 109 Å². The first-order chi connectivity index (χ1) is 21.9. The van der Waals surface area contributed by atoms with Crippen molar-refractivity contribution in [2.75, 3.05) is 29.6 Å². The zero-order valence-electron chi connectivity index (χ0n) is 27.4. The van der Waals surface area contributed by atoms with E-state index in [4.69, 9.17) is 4.18 Å². The second kappa shape index (κ2) is 20.5. The Hall–Kier alpha value is -3.50. The summed E-state index contributed by atoms with van der Waals surface area (Å²) in [6.07, 6.45) is 21.9. The number of benzene rings is 2. The lowest BCUT2D eigenvalue weighted by atomic mass is 10.0. The molecule has 0 fully saturated rings. The molecular formula is C35H52N6O3S. The predicted octanol–water partition coefficient (Wildman–Crippen LogP) is 9.62. The Balaban J connectivity index is 1.53. The second-order valence-electron chi connectivity index (χ2n) is 11.3. The maximum absolute atomic E-state index is 12.6. The van der Waals surface area contributed by atoms with E-state index in [0.717, 1.165) is 32.2 Å². The lowest BCUT2D eigenvalue weighted by Crippen LogP contribution is -2.11. The summed E-state index contributed by atoms with van der Waals surface area (Å²) < 4.78 is 30.0. The van der Waals surface area contributed by atoms with Gasteiger partial charge >= 0.3 is 0 Å². The van der Waals surface area contributed by atoms with Gasteiger partial charge in [0.05, 0.1) is 7.11 Å². The summed E-state index contributed by atoms with van der Waals surface area (Å²) in [5, 5.41) is 9.72. The van der Waals surface area contributed by atoms with E-state index in [1.807, 2.05) is 37.3 Å². The van der Waals surface area contributed by atoms with Crippen molar-refractivity contribution < 1.29 is 12.6 Å². The molecule has 0 unspecified atom stereocenters. The molecule has 9 nitrogen and oxygen atoms in total. The quantitative estimate of drug-likeness (QED) is 0.0690. The van der Waals surface area contributed by atoms with Crippen LogP contribution in [0.3, 0.4) is 0 Å². The van der Waals surface area contributed by atoms with Crippen molar-refractivity contribution in [1.29, 1.82) is 0 Å². The van der Waals surface area contributed by atoms with Gasteiger partial charge in [-0.05, 0) is 43.2 Å². The monoisotopic (exact) mass is 636 g/mol. The standard InChI is InChI=1S/C35H52N6O3S/c1-4-6-7-8-9-10-11-12-13-14-15-16-17-21-27-36-33-39-34(37-30-23-19-18-20-24-30)41-35(40-33)38-31-26-25-29(22-5-2)32(28-31)45(42,43)44-3/h5,18-20,22-26,28H,4,6-17,21,27H2,1-3H3,(H3,36,37,38,39,40,41). The Morgan fingerprint density at radius 2 is 1.22 bits per heavy atom. The fourth-order valence-electron chi connectivity index (χ4n) is 5.10. The molecule has 0 aliphatic carbocycles. The van der Waals surface area contributed by atoms with Crippen molar-refractivity contribution in [3.8, 4) is 0 Å². The Labute approximate surface area is 270 Å². The van der Waals surface area contributed by atoms with Crippen molar-refractivity contribution >= 4 is 45.4 Å². The fraction of sp³-hybridized carbons (Fsp3) is 0.514. The van der Waals surface area contributed by atoms with Crippen molar-refractivity contribution in [3.05, 3.63) is 60.2 Å². The highest BCUT2D eigenvalue weighted by molar-refractivity contribution is 7.86. The van der Waals surface area contributed by atoms with E-state index in [-0.39, 0.29) is 10.8 Å². The number of hydrogen-bond donors (Lipinski definition) is 3. The zero-order chi connectivity index (χ0) is 32.2. The highest BCUT2D eigenvalue weighted by atomic mass is 32.2. The molecule has 1 heterocycles. The molecule has 45 heavy (non-hydrogen) atoms. The number of unbranched alkanes of at least 4 members (excludes halogenated alkanes) is 13. The lowest BCUT2D eigenvalue weighted by molar-refractivity contribution is 0.397. The van der Waals surface area contributed by atoms with Gasteiger partial charge < -0.3 is 16.0 Å². The largest absolute Gasteiger partial charge is 0.354 e. The van der Waals surface area contributed by atoms with E-state index in [9.17, 15) is 8.42 Å². The van der Waals surface area contributed by atoms with Crippen LogP contribution in [0, 0.1) is 0 Å². The van der Waals surface area contributed by atoms with Gasteiger partial charge in [-0.1, -0.05) is 127 Å². The van der Waals surface area contributed by atoms with E-state index >= 15 is 0 Å². The number of aromatic nitrogens is 3. The third-order valence-electron chi connectivity index (χ3n) is 7.58. The number of nitrogens with one attached hydrogen (secondary N) is 3. The van der Waals surface area contributed by atoms with Crippen LogP contribution in [0.1, 0.15) is 109 Å². The molecule has 246 valence electrons. The smallest absolute Gasteiger partial charge is 0.297 e. The molecule has 0 radical (unpaired) electrons. The van der Waals surface area contributed by atoms with E-state index in [0.29, 0.717) is 23.1 Å². The Morgan fingerprint density at radius 3 is 1.78 bits per heavy atom. The van der Waals surface area contributed by atoms with Gasteiger partial charge in [-0.3, -0.25) is 4.18 Å². The number of allylic oxidation sites excluding steroid dienone is 1. The van der Waals surface area contributed by atoms with Crippen LogP contribution in [0.4, 0.5) is 29.2 Å². The molecule has 0 spiro atoms. The van der Waals surface area contributed by atoms with Gasteiger partial charge in [0.1, 0.15) is 4.90 Å². The summed E-state index contributed by atoms with van der Waals surface area (Å²) in [7, 11) is -2.77. The maximum Gasteiger partial charge on any atom is 0.297 e. The summed E-state index contributed by atoms with van der Waals surface area (Å²) in [5.41, 5.74) is 1.88. The molecule has 3 N–H and O–H groups in total. The molecule has 0 bridgehead atoms. The van der Waals surface area contributed by atoms with Crippen molar-refractivity contribution in [2.24, 2.45) is 0 Å². The zero-order valence-corrected chi connectivity index (χ0v) is 28.2. The molecule has 3 rings (SSSR count). The molecular weight excluding hydrogens is 584 g/mol. The van der Waals surface area contributed by atoms with Gasteiger partial charge in [-0.25, -0.2) is 0 Å². The number of rotatable bonds is 23. The number of hydrogen-bond acceptors (Lipinski definition) is 9. The second-order valence-corrected chi connectivity index (χ2v) is 13.0. The van der Waals surface area contributed by atoms with Crippen LogP contribution in [0.5, 0.6) is 0 Å². The first kappa shape index (κ1) is 36.0. The van der Waals surface area contributed by atoms with Crippen LogP contribution in [-0.2, 0) is 14.3 Å². The summed E-state index contributed by atoms with van der Waals surface area (Å²) in [6.45, 7) is 4.85. The van der Waals surface area contributed by atoms with E-state index in [2.05, 4.69) is 37.8 Å². The SMILES string of the molecule is CC=Cc1ccc(Nc2nc(NCCCCCCCCCCCCCCCC)nc(Nc3ccccc3)n2)cc1S(=O)(=O)OC. The minimum atomic E-state index is -3.93. The summed E-state index contributed by atoms with van der Waals surface area (Å²) in [6, 6.07) is 14.7. The van der Waals surface area contributed by atoms with Crippen LogP contribution in [-0.4, -0.2) is 37.0 Å². The van der Waals surface area contributed by atoms with Crippen molar-refractivity contribution in [1.82, 2.24) is 15.0 Å². The van der Waals surface area contributed by atoms with Gasteiger partial charge in [0.15, 0.2) is 0 Å². The lowest BCUT2D eigenvalue weighted by Gasteiger charge is -2.13. The maximum atomic E-state index is 12.6. The van der Waals surface area contributed by atoms with Gasteiger partial charge in [0.25, 0.3) is 10.1 Å². The van der Waals surface area contributed by atoms with Crippen LogP contribution in [0.15, 0.2) is 59.5 Å². The topological polar surface area (TPSA) is 118 Å². The Morgan fingerprint density at radius 1 is 0.689 bits per heavy atom. The molecule has 0 atom stereocenters. The number of nitrogens with zero attached hydrogens (tertiary/aromatic N) is 3.